The molecule has 1 atom stereocenters. The predicted molar refractivity (Wildman–Crippen MR) is 78.9 cm³/mol. The zero-order valence-corrected chi connectivity index (χ0v) is 12.1. The Hall–Kier alpha value is -2.48. The van der Waals surface area contributed by atoms with Crippen molar-refractivity contribution in [2.45, 2.75) is 18.9 Å². The predicted octanol–water partition coefficient (Wildman–Crippen LogP) is -0.469. The van der Waals surface area contributed by atoms with Gasteiger partial charge in [0.15, 0.2) is 0 Å². The summed E-state index contributed by atoms with van der Waals surface area (Å²) in [6.07, 6.45) is 1.96. The molecule has 0 spiro atoms. The molecule has 0 aromatic carbocycles. The second kappa shape index (κ2) is 5.72. The number of nitrogens with one attached hydrogen (secondary N) is 2. The number of carbonyl (C=O) groups is 1. The van der Waals surface area contributed by atoms with E-state index >= 15 is 0 Å². The van der Waals surface area contributed by atoms with Crippen LogP contribution in [0.4, 0.5) is 0 Å². The molecule has 0 aliphatic carbocycles. The van der Waals surface area contributed by atoms with E-state index in [0.717, 1.165) is 19.4 Å². The fourth-order valence-electron chi connectivity index (χ4n) is 2.45. The molecular weight excluding hydrogens is 288 g/mol. The number of amides is 1. The van der Waals surface area contributed by atoms with Gasteiger partial charge in [0.1, 0.15) is 11.3 Å². The summed E-state index contributed by atoms with van der Waals surface area (Å²) in [7, 11) is 1.49. The maximum absolute atomic E-state index is 12.1. The summed E-state index contributed by atoms with van der Waals surface area (Å²) in [6, 6.07) is 2.95. The summed E-state index contributed by atoms with van der Waals surface area (Å²) in [5.74, 6) is -0.356. The zero-order chi connectivity index (χ0) is 15.7. The van der Waals surface area contributed by atoms with Crippen molar-refractivity contribution in [2.75, 3.05) is 13.2 Å². The van der Waals surface area contributed by atoms with Crippen molar-refractivity contribution in [3.8, 4) is 0 Å². The zero-order valence-electron chi connectivity index (χ0n) is 12.1. The number of rotatable bonds is 3. The Morgan fingerprint density at radius 3 is 3.05 bits per heavy atom. The van der Waals surface area contributed by atoms with Crippen LogP contribution in [0.15, 0.2) is 21.7 Å². The van der Waals surface area contributed by atoms with E-state index in [4.69, 9.17) is 4.74 Å². The van der Waals surface area contributed by atoms with Gasteiger partial charge in [0.05, 0.1) is 11.5 Å². The van der Waals surface area contributed by atoms with E-state index in [1.807, 2.05) is 0 Å². The van der Waals surface area contributed by atoms with E-state index in [1.54, 1.807) is 0 Å². The number of nitrogens with zero attached hydrogens (tertiary/aromatic N) is 2. The number of hydrogen-bond acceptors (Lipinski definition) is 5. The fourth-order valence-corrected chi connectivity index (χ4v) is 2.45. The number of pyridine rings is 1. The van der Waals surface area contributed by atoms with Gasteiger partial charge in [0, 0.05) is 20.2 Å². The Labute approximate surface area is 125 Å². The highest BCUT2D eigenvalue weighted by Crippen LogP contribution is 2.11. The molecule has 2 N–H and O–H groups in total. The van der Waals surface area contributed by atoms with Gasteiger partial charge in [0.2, 0.25) is 0 Å². The van der Waals surface area contributed by atoms with Gasteiger partial charge in [-0.05, 0) is 25.0 Å². The average Bonchev–Trinajstić information content (AvgIpc) is 3.03. The van der Waals surface area contributed by atoms with Gasteiger partial charge in [-0.25, -0.2) is 9.78 Å². The van der Waals surface area contributed by atoms with Crippen LogP contribution in [0.25, 0.3) is 11.0 Å². The molecule has 0 saturated carbocycles. The number of fused-ring (bicyclic) bond motifs is 1. The van der Waals surface area contributed by atoms with Gasteiger partial charge in [0.25, 0.3) is 11.5 Å². The lowest BCUT2D eigenvalue weighted by atomic mass is 10.2. The fraction of sp³-hybridized carbons (Fsp3) is 0.429. The third-order valence-electron chi connectivity index (χ3n) is 3.71. The first kappa shape index (κ1) is 14.5. The quantitative estimate of drug-likeness (QED) is 0.797. The van der Waals surface area contributed by atoms with Gasteiger partial charge in [-0.15, -0.1) is 0 Å². The molecule has 0 bridgehead atoms. The first-order chi connectivity index (χ1) is 10.6. The van der Waals surface area contributed by atoms with E-state index in [1.165, 1.54) is 23.7 Å². The molecule has 0 radical (unpaired) electrons. The Kier molecular flexibility index (Phi) is 3.76. The lowest BCUT2D eigenvalue weighted by molar-refractivity contribution is 0.0854. The molecule has 1 aliphatic heterocycles. The van der Waals surface area contributed by atoms with E-state index < -0.39 is 11.2 Å². The minimum absolute atomic E-state index is 0.0385. The summed E-state index contributed by atoms with van der Waals surface area (Å²) in [6.45, 7) is 1.15. The molecule has 116 valence electrons. The van der Waals surface area contributed by atoms with Crippen LogP contribution in [0.1, 0.15) is 23.3 Å². The Balaban J connectivity index is 1.87. The molecule has 2 aromatic rings. The standard InChI is InChI=1S/C14H16N4O4/c1-18-11-9(12(19)17-14(18)21)4-5-10(16-11)13(20)15-7-8-3-2-6-22-8/h4-5,8H,2-3,6-7H2,1H3,(H,15,20)(H,17,19,21)/t8-/m1/s1. The lowest BCUT2D eigenvalue weighted by Crippen LogP contribution is -2.33. The van der Waals surface area contributed by atoms with Crippen LogP contribution in [-0.2, 0) is 11.8 Å². The van der Waals surface area contributed by atoms with Crippen LogP contribution in [0.2, 0.25) is 0 Å². The maximum atomic E-state index is 12.1. The molecular formula is C14H16N4O4. The van der Waals surface area contributed by atoms with Crippen LogP contribution >= 0.6 is 0 Å². The lowest BCUT2D eigenvalue weighted by Gasteiger charge is -2.11. The second-order valence-corrected chi connectivity index (χ2v) is 5.23. The van der Waals surface area contributed by atoms with E-state index in [0.29, 0.717) is 6.54 Å². The third kappa shape index (κ3) is 2.64. The summed E-state index contributed by atoms with van der Waals surface area (Å²) in [5, 5.41) is 3.02. The Bertz CT molecular complexity index is 833. The molecule has 3 heterocycles. The number of H-pyrrole nitrogens is 1. The number of aromatic amines is 1. The molecule has 1 amide bonds. The molecule has 3 rings (SSSR count). The van der Waals surface area contributed by atoms with Gasteiger partial charge in [-0.3, -0.25) is 19.1 Å². The van der Waals surface area contributed by atoms with Crippen molar-refractivity contribution in [2.24, 2.45) is 7.05 Å². The number of ether oxygens (including phenoxy) is 1. The van der Waals surface area contributed by atoms with Crippen molar-refractivity contribution in [1.29, 1.82) is 0 Å². The molecule has 1 saturated heterocycles. The van der Waals surface area contributed by atoms with Crippen molar-refractivity contribution < 1.29 is 9.53 Å². The Morgan fingerprint density at radius 2 is 2.32 bits per heavy atom. The highest BCUT2D eigenvalue weighted by Gasteiger charge is 2.17. The summed E-state index contributed by atoms with van der Waals surface area (Å²) >= 11 is 0. The van der Waals surface area contributed by atoms with Crippen LogP contribution < -0.4 is 16.6 Å². The Morgan fingerprint density at radius 1 is 1.50 bits per heavy atom. The highest BCUT2D eigenvalue weighted by molar-refractivity contribution is 5.94. The minimum Gasteiger partial charge on any atom is -0.376 e. The molecule has 22 heavy (non-hydrogen) atoms. The van der Waals surface area contributed by atoms with E-state index in [-0.39, 0.29) is 28.7 Å². The molecule has 8 nitrogen and oxygen atoms in total. The first-order valence-corrected chi connectivity index (χ1v) is 7.06. The monoisotopic (exact) mass is 304 g/mol. The average molecular weight is 304 g/mol. The first-order valence-electron chi connectivity index (χ1n) is 7.06. The third-order valence-corrected chi connectivity index (χ3v) is 3.71. The number of aromatic nitrogens is 3. The van der Waals surface area contributed by atoms with Crippen molar-refractivity contribution >= 4 is 16.9 Å². The van der Waals surface area contributed by atoms with Crippen molar-refractivity contribution in [1.82, 2.24) is 19.9 Å². The van der Waals surface area contributed by atoms with Gasteiger partial charge >= 0.3 is 5.69 Å². The molecule has 1 fully saturated rings. The van der Waals surface area contributed by atoms with E-state index in [2.05, 4.69) is 15.3 Å². The summed E-state index contributed by atoms with van der Waals surface area (Å²) in [5.41, 5.74) is -0.747. The molecule has 2 aromatic heterocycles. The van der Waals surface area contributed by atoms with Crippen LogP contribution in [0, 0.1) is 0 Å². The van der Waals surface area contributed by atoms with Crippen LogP contribution in [0.3, 0.4) is 0 Å². The van der Waals surface area contributed by atoms with Crippen LogP contribution in [0.5, 0.6) is 0 Å². The normalized spacial score (nSPS) is 17.8. The van der Waals surface area contributed by atoms with E-state index in [9.17, 15) is 14.4 Å². The molecule has 8 heteroatoms. The van der Waals surface area contributed by atoms with Crippen molar-refractivity contribution in [3.05, 3.63) is 38.7 Å². The second-order valence-electron chi connectivity index (χ2n) is 5.23. The largest absolute Gasteiger partial charge is 0.376 e. The molecule has 0 unspecified atom stereocenters. The highest BCUT2D eigenvalue weighted by atomic mass is 16.5. The minimum atomic E-state index is -0.568. The topological polar surface area (TPSA) is 106 Å². The summed E-state index contributed by atoms with van der Waals surface area (Å²) in [4.78, 5) is 41.7. The maximum Gasteiger partial charge on any atom is 0.329 e. The van der Waals surface area contributed by atoms with Gasteiger partial charge in [-0.1, -0.05) is 0 Å². The number of hydrogen-bond donors (Lipinski definition) is 2. The van der Waals surface area contributed by atoms with Gasteiger partial charge in [-0.2, -0.15) is 0 Å². The molecule has 1 aliphatic rings. The number of carbonyl (C=O) groups excluding carboxylic acids is 1. The van der Waals surface area contributed by atoms with Gasteiger partial charge < -0.3 is 10.1 Å². The smallest absolute Gasteiger partial charge is 0.329 e. The number of aryl methyl sites for hydroxylation is 1. The van der Waals surface area contributed by atoms with Crippen LogP contribution in [-0.4, -0.2) is 39.7 Å². The SMILES string of the molecule is Cn1c(=O)[nH]c(=O)c2ccc(C(=O)NC[C@H]3CCCO3)nc21. The summed E-state index contributed by atoms with van der Waals surface area (Å²) < 4.78 is 6.64. The van der Waals surface area contributed by atoms with Crippen molar-refractivity contribution in [3.63, 3.8) is 0 Å².